The van der Waals surface area contributed by atoms with Gasteiger partial charge >= 0.3 is 30.8 Å². The topological polar surface area (TPSA) is 74.6 Å². The molecule has 120 valence electrons. The van der Waals surface area contributed by atoms with Gasteiger partial charge in [0.1, 0.15) is 0 Å². The molecule has 0 heterocycles. The van der Waals surface area contributed by atoms with E-state index in [1.807, 2.05) is 0 Å². The zero-order chi connectivity index (χ0) is 15.4. The van der Waals surface area contributed by atoms with Gasteiger partial charge in [-0.2, -0.15) is 0 Å². The maximum atomic E-state index is 11.0. The maximum Gasteiger partial charge on any atom is 1.00 e. The second-order valence-corrected chi connectivity index (χ2v) is 5.87. The molecular formula is C16H31LiO4. The van der Waals surface area contributed by atoms with E-state index in [2.05, 4.69) is 6.92 Å². The Morgan fingerprint density at radius 3 is 1.48 bits per heavy atom. The second-order valence-electron chi connectivity index (χ2n) is 5.87. The fraction of sp³-hybridized carbons (Fsp3) is 0.875. The molecule has 0 aromatic rings. The molecule has 0 saturated heterocycles. The first-order chi connectivity index (χ1) is 9.45. The zero-order valence-electron chi connectivity index (χ0n) is 15.0. The van der Waals surface area contributed by atoms with Crippen LogP contribution < -0.4 is 18.9 Å². The molecule has 0 aromatic carbocycles. The third kappa shape index (κ3) is 9.98. The summed E-state index contributed by atoms with van der Waals surface area (Å²) in [6, 6.07) is 0. The standard InChI is InChI=1S/C16H30O4.Li.H/c1-3-4-5-6-7-8-9-10-11-12-13-16(2,14(17)18)15(19)20;;/h3-13H2,1-2H3,(H,17,18)(H,19,20);;/q;+1;-1. The Bertz CT molecular complexity index is 284. The van der Waals surface area contributed by atoms with E-state index in [9.17, 15) is 9.59 Å². The number of carboxylic acid groups (broad SMARTS) is 2. The van der Waals surface area contributed by atoms with E-state index in [0.29, 0.717) is 6.42 Å². The molecule has 0 amide bonds. The van der Waals surface area contributed by atoms with Gasteiger partial charge in [-0.1, -0.05) is 71.1 Å². The number of hydrogen-bond donors (Lipinski definition) is 2. The average Bonchev–Trinajstić information content (AvgIpc) is 2.40. The third-order valence-corrected chi connectivity index (χ3v) is 3.97. The Hall–Kier alpha value is -0.463. The third-order valence-electron chi connectivity index (χ3n) is 3.97. The van der Waals surface area contributed by atoms with Crippen LogP contribution in [0.4, 0.5) is 0 Å². The van der Waals surface area contributed by atoms with Crippen molar-refractivity contribution >= 4 is 11.9 Å². The average molecular weight is 294 g/mol. The molecule has 0 aliphatic carbocycles. The molecule has 0 saturated carbocycles. The number of aliphatic carboxylic acids is 2. The minimum absolute atomic E-state index is 0. The number of hydrogen-bond acceptors (Lipinski definition) is 2. The summed E-state index contributed by atoms with van der Waals surface area (Å²) in [7, 11) is 0. The first-order valence-electron chi connectivity index (χ1n) is 7.92. The Morgan fingerprint density at radius 1 is 0.810 bits per heavy atom. The normalized spacial score (nSPS) is 11.0. The smallest absolute Gasteiger partial charge is 1.00 e. The van der Waals surface area contributed by atoms with Crippen molar-refractivity contribution in [1.29, 1.82) is 0 Å². The van der Waals surface area contributed by atoms with Crippen molar-refractivity contribution in [1.82, 2.24) is 0 Å². The molecule has 0 atom stereocenters. The van der Waals surface area contributed by atoms with Crippen molar-refractivity contribution in [3.63, 3.8) is 0 Å². The summed E-state index contributed by atoms with van der Waals surface area (Å²) in [4.78, 5) is 21.9. The summed E-state index contributed by atoms with van der Waals surface area (Å²) in [5.41, 5.74) is -1.62. The summed E-state index contributed by atoms with van der Waals surface area (Å²) in [5, 5.41) is 17.9. The van der Waals surface area contributed by atoms with E-state index in [4.69, 9.17) is 10.2 Å². The van der Waals surface area contributed by atoms with E-state index in [0.717, 1.165) is 12.8 Å². The van der Waals surface area contributed by atoms with Crippen LogP contribution in [0.1, 0.15) is 85.9 Å². The predicted octanol–water partition coefficient (Wildman–Crippen LogP) is 1.59. The van der Waals surface area contributed by atoms with Gasteiger partial charge in [0.05, 0.1) is 0 Å². The SMILES string of the molecule is CCCCCCCCCCCCC(C)(C(=O)O)C(=O)O.[H-].[Li+]. The van der Waals surface area contributed by atoms with Gasteiger partial charge in [0, 0.05) is 0 Å². The summed E-state index contributed by atoms with van der Waals surface area (Å²) >= 11 is 0. The fourth-order valence-corrected chi connectivity index (χ4v) is 2.27. The molecule has 0 aliphatic heterocycles. The van der Waals surface area contributed by atoms with E-state index in [1.165, 1.54) is 51.9 Å². The molecule has 21 heavy (non-hydrogen) atoms. The Morgan fingerprint density at radius 2 is 1.14 bits per heavy atom. The van der Waals surface area contributed by atoms with Crippen LogP contribution in [0.25, 0.3) is 0 Å². The van der Waals surface area contributed by atoms with Gasteiger partial charge in [-0.3, -0.25) is 9.59 Å². The van der Waals surface area contributed by atoms with Crippen molar-refractivity contribution in [2.45, 2.75) is 84.5 Å². The maximum absolute atomic E-state index is 11.0. The van der Waals surface area contributed by atoms with Crippen LogP contribution in [0.2, 0.25) is 0 Å². The van der Waals surface area contributed by atoms with Crippen LogP contribution >= 0.6 is 0 Å². The van der Waals surface area contributed by atoms with E-state index >= 15 is 0 Å². The molecule has 0 spiro atoms. The van der Waals surface area contributed by atoms with Crippen LogP contribution in [-0.4, -0.2) is 22.2 Å². The molecule has 0 fully saturated rings. The Kier molecular flexibility index (Phi) is 14.4. The van der Waals surface area contributed by atoms with Crippen LogP contribution in [0.15, 0.2) is 0 Å². The zero-order valence-corrected chi connectivity index (χ0v) is 14.0. The van der Waals surface area contributed by atoms with E-state index < -0.39 is 17.4 Å². The Balaban J connectivity index is -0.00000180. The van der Waals surface area contributed by atoms with Gasteiger partial charge in [-0.25, -0.2) is 0 Å². The summed E-state index contributed by atoms with van der Waals surface area (Å²) in [6.07, 6.45) is 11.8. The monoisotopic (exact) mass is 294 g/mol. The molecular weight excluding hydrogens is 263 g/mol. The van der Waals surface area contributed by atoms with Crippen molar-refractivity contribution in [2.24, 2.45) is 5.41 Å². The molecule has 4 nitrogen and oxygen atoms in total. The van der Waals surface area contributed by atoms with Gasteiger partial charge in [-0.05, 0) is 13.3 Å². The van der Waals surface area contributed by atoms with Crippen molar-refractivity contribution in [3.8, 4) is 0 Å². The molecule has 2 N–H and O–H groups in total. The first kappa shape index (κ1) is 22.8. The Labute approximate surface area is 142 Å². The van der Waals surface area contributed by atoms with E-state index in [1.54, 1.807) is 0 Å². The molecule has 0 aromatic heterocycles. The van der Waals surface area contributed by atoms with Crippen molar-refractivity contribution in [3.05, 3.63) is 0 Å². The predicted molar refractivity (Wildman–Crippen MR) is 81.0 cm³/mol. The largest absolute Gasteiger partial charge is 1.00 e. The fourth-order valence-electron chi connectivity index (χ4n) is 2.27. The molecule has 0 rings (SSSR count). The van der Waals surface area contributed by atoms with Crippen LogP contribution in [0.3, 0.4) is 0 Å². The molecule has 0 aliphatic rings. The van der Waals surface area contributed by atoms with Crippen molar-refractivity contribution in [2.75, 3.05) is 0 Å². The molecule has 5 heteroatoms. The number of carboxylic acids is 2. The minimum atomic E-state index is -1.62. The van der Waals surface area contributed by atoms with Crippen molar-refractivity contribution < 1.29 is 40.1 Å². The van der Waals surface area contributed by atoms with Gasteiger partial charge < -0.3 is 11.6 Å². The number of carbonyl (C=O) groups is 2. The summed E-state index contributed by atoms with van der Waals surface area (Å²) in [5.74, 6) is -2.47. The van der Waals surface area contributed by atoms with Crippen LogP contribution in [0.5, 0.6) is 0 Å². The quantitative estimate of drug-likeness (QED) is 0.307. The van der Waals surface area contributed by atoms with Gasteiger partial charge in [0.15, 0.2) is 5.41 Å². The molecule has 0 bridgehead atoms. The second kappa shape index (κ2) is 13.2. The van der Waals surface area contributed by atoms with Gasteiger partial charge in [-0.15, -0.1) is 0 Å². The molecule has 0 unspecified atom stereocenters. The first-order valence-corrected chi connectivity index (χ1v) is 7.92. The summed E-state index contributed by atoms with van der Waals surface area (Å²) in [6.45, 7) is 3.51. The number of rotatable bonds is 13. The van der Waals surface area contributed by atoms with Gasteiger partial charge in [0.25, 0.3) is 0 Å². The minimum Gasteiger partial charge on any atom is -1.00 e. The van der Waals surface area contributed by atoms with Crippen LogP contribution in [-0.2, 0) is 9.59 Å². The summed E-state index contributed by atoms with van der Waals surface area (Å²) < 4.78 is 0. The van der Waals surface area contributed by atoms with Gasteiger partial charge in [0.2, 0.25) is 0 Å². The number of unbranched alkanes of at least 4 members (excludes halogenated alkanes) is 9. The van der Waals surface area contributed by atoms with E-state index in [-0.39, 0.29) is 26.7 Å². The van der Waals surface area contributed by atoms with Crippen LogP contribution in [0, 0.1) is 5.41 Å². The molecule has 0 radical (unpaired) electrons.